The highest BCUT2D eigenvalue weighted by Crippen LogP contribution is 2.43. The fraction of sp³-hybridized carbons (Fsp3) is 0.417. The number of rotatable bonds is 4. The van der Waals surface area contributed by atoms with Crippen molar-refractivity contribution in [2.24, 2.45) is 5.41 Å². The molecular formula is C24H25N3O5. The summed E-state index contributed by atoms with van der Waals surface area (Å²) in [4.78, 5) is 52.4. The van der Waals surface area contributed by atoms with E-state index in [0.717, 1.165) is 42.4 Å². The largest absolute Gasteiger partial charge is 0.481 e. The summed E-state index contributed by atoms with van der Waals surface area (Å²) in [5, 5.41) is 13.3. The van der Waals surface area contributed by atoms with Gasteiger partial charge < -0.3 is 10.0 Å². The van der Waals surface area contributed by atoms with E-state index in [-0.39, 0.29) is 30.1 Å². The van der Waals surface area contributed by atoms with Gasteiger partial charge in [-0.1, -0.05) is 19.1 Å². The standard InChI is InChI=1S/C24H25N3O5/c1-24(13-20(29)30)7-9-26(10-8-24)15-11-14-3-2-4-17-21(14)16(12-15)23(32)27(17)18-5-6-19(28)25-22(18)31/h2-4,11-12,18H,5-10,13H2,1H3,(H,29,30)(H,25,28,31). The fourth-order valence-electron chi connectivity index (χ4n) is 5.27. The first-order chi connectivity index (χ1) is 15.3. The third kappa shape index (κ3) is 3.30. The minimum atomic E-state index is -0.772. The molecule has 2 aromatic carbocycles. The van der Waals surface area contributed by atoms with Crippen molar-refractivity contribution in [1.82, 2.24) is 5.32 Å². The number of aliphatic carboxylic acids is 1. The molecule has 32 heavy (non-hydrogen) atoms. The zero-order chi connectivity index (χ0) is 22.6. The van der Waals surface area contributed by atoms with Crippen molar-refractivity contribution in [3.63, 3.8) is 0 Å². The third-order valence-electron chi connectivity index (χ3n) is 7.08. The van der Waals surface area contributed by atoms with Crippen molar-refractivity contribution in [2.75, 3.05) is 22.9 Å². The number of anilines is 2. The molecule has 1 atom stereocenters. The molecular weight excluding hydrogens is 410 g/mol. The van der Waals surface area contributed by atoms with E-state index in [2.05, 4.69) is 16.3 Å². The number of piperidine rings is 2. The first kappa shape index (κ1) is 20.5. The summed E-state index contributed by atoms with van der Waals surface area (Å²) in [6.45, 7) is 3.46. The van der Waals surface area contributed by atoms with E-state index >= 15 is 0 Å². The Morgan fingerprint density at radius 3 is 2.62 bits per heavy atom. The summed E-state index contributed by atoms with van der Waals surface area (Å²) < 4.78 is 0. The van der Waals surface area contributed by atoms with Crippen LogP contribution in [0.25, 0.3) is 10.8 Å². The summed E-state index contributed by atoms with van der Waals surface area (Å²) in [7, 11) is 0. The predicted molar refractivity (Wildman–Crippen MR) is 119 cm³/mol. The molecule has 8 heteroatoms. The van der Waals surface area contributed by atoms with Gasteiger partial charge in [0, 0.05) is 30.6 Å². The van der Waals surface area contributed by atoms with Gasteiger partial charge in [0.15, 0.2) is 0 Å². The van der Waals surface area contributed by atoms with Gasteiger partial charge in [0.05, 0.1) is 17.7 Å². The minimum absolute atomic E-state index is 0.159. The molecule has 0 radical (unpaired) electrons. The van der Waals surface area contributed by atoms with Crippen molar-refractivity contribution in [2.45, 2.75) is 45.1 Å². The average Bonchev–Trinajstić information content (AvgIpc) is 3.01. The number of carbonyl (C=O) groups is 4. The molecule has 0 saturated carbocycles. The lowest BCUT2D eigenvalue weighted by molar-refractivity contribution is -0.140. The van der Waals surface area contributed by atoms with Crippen molar-refractivity contribution in [3.8, 4) is 0 Å². The van der Waals surface area contributed by atoms with Crippen LogP contribution >= 0.6 is 0 Å². The number of nitrogens with zero attached hydrogens (tertiary/aromatic N) is 2. The lowest BCUT2D eigenvalue weighted by Crippen LogP contribution is -2.53. The summed E-state index contributed by atoms with van der Waals surface area (Å²) in [6, 6.07) is 8.93. The molecule has 2 aromatic rings. The Kier molecular flexibility index (Phi) is 4.69. The maximum Gasteiger partial charge on any atom is 0.303 e. The molecule has 2 N–H and O–H groups in total. The monoisotopic (exact) mass is 435 g/mol. The van der Waals surface area contributed by atoms with Crippen molar-refractivity contribution >= 4 is 45.8 Å². The average molecular weight is 435 g/mol. The Hall–Kier alpha value is -3.42. The zero-order valence-corrected chi connectivity index (χ0v) is 17.9. The molecule has 166 valence electrons. The van der Waals surface area contributed by atoms with Gasteiger partial charge >= 0.3 is 5.97 Å². The van der Waals surface area contributed by atoms with Crippen molar-refractivity contribution < 1.29 is 24.3 Å². The number of carboxylic acid groups (broad SMARTS) is 1. The van der Waals surface area contributed by atoms with Gasteiger partial charge in [-0.2, -0.15) is 0 Å². The SMILES string of the molecule is CC1(CC(=O)O)CCN(c2cc3c4c(cccc4c2)N(C2CCC(=O)NC2=O)C3=O)CC1. The van der Waals surface area contributed by atoms with Gasteiger partial charge in [0.25, 0.3) is 5.91 Å². The summed E-state index contributed by atoms with van der Waals surface area (Å²) in [5.41, 5.74) is 1.98. The Bertz CT molecular complexity index is 1170. The minimum Gasteiger partial charge on any atom is -0.481 e. The van der Waals surface area contributed by atoms with E-state index in [1.165, 1.54) is 4.90 Å². The van der Waals surface area contributed by atoms with Gasteiger partial charge in [0.1, 0.15) is 6.04 Å². The number of nitrogens with one attached hydrogen (secondary N) is 1. The molecule has 2 fully saturated rings. The molecule has 3 heterocycles. The topological polar surface area (TPSA) is 107 Å². The number of benzene rings is 2. The third-order valence-corrected chi connectivity index (χ3v) is 7.08. The number of imide groups is 1. The first-order valence-electron chi connectivity index (χ1n) is 11.0. The summed E-state index contributed by atoms with van der Waals surface area (Å²) >= 11 is 0. The predicted octanol–water partition coefficient (Wildman–Crippen LogP) is 2.69. The van der Waals surface area contributed by atoms with Crippen LogP contribution in [-0.4, -0.2) is 47.9 Å². The highest BCUT2D eigenvalue weighted by molar-refractivity contribution is 6.27. The van der Waals surface area contributed by atoms with Gasteiger partial charge in [-0.25, -0.2) is 0 Å². The molecule has 0 bridgehead atoms. The normalized spacial score (nSPS) is 22.4. The van der Waals surface area contributed by atoms with E-state index in [4.69, 9.17) is 0 Å². The van der Waals surface area contributed by atoms with Crippen LogP contribution < -0.4 is 15.1 Å². The van der Waals surface area contributed by atoms with Crippen molar-refractivity contribution in [3.05, 3.63) is 35.9 Å². The molecule has 0 spiro atoms. The van der Waals surface area contributed by atoms with Crippen LogP contribution in [-0.2, 0) is 14.4 Å². The highest BCUT2D eigenvalue weighted by Gasteiger charge is 2.41. The zero-order valence-electron chi connectivity index (χ0n) is 17.9. The number of carboxylic acids is 1. The molecule has 3 aliphatic heterocycles. The van der Waals surface area contributed by atoms with Crippen LogP contribution in [0.15, 0.2) is 30.3 Å². The second-order valence-corrected chi connectivity index (χ2v) is 9.38. The number of carbonyl (C=O) groups excluding carboxylic acids is 3. The second kappa shape index (κ2) is 7.32. The van der Waals surface area contributed by atoms with Gasteiger partial charge in [0.2, 0.25) is 11.8 Å². The number of hydrogen-bond donors (Lipinski definition) is 2. The van der Waals surface area contributed by atoms with E-state index in [1.54, 1.807) is 0 Å². The molecule has 3 amide bonds. The Labute approximate surface area is 185 Å². The highest BCUT2D eigenvalue weighted by atomic mass is 16.4. The lowest BCUT2D eigenvalue weighted by atomic mass is 9.77. The maximum atomic E-state index is 13.4. The van der Waals surface area contributed by atoms with Crippen LogP contribution in [0.3, 0.4) is 0 Å². The summed E-state index contributed by atoms with van der Waals surface area (Å²) in [5.74, 6) is -1.74. The van der Waals surface area contributed by atoms with Gasteiger partial charge in [-0.05, 0) is 48.3 Å². The molecule has 3 aliphatic rings. The van der Waals surface area contributed by atoms with E-state index in [1.807, 2.05) is 31.2 Å². The van der Waals surface area contributed by atoms with Crippen LogP contribution in [0.2, 0.25) is 0 Å². The van der Waals surface area contributed by atoms with Crippen LogP contribution in [0, 0.1) is 5.41 Å². The quantitative estimate of drug-likeness (QED) is 0.715. The molecule has 5 rings (SSSR count). The van der Waals surface area contributed by atoms with E-state index < -0.39 is 17.9 Å². The maximum absolute atomic E-state index is 13.4. The smallest absolute Gasteiger partial charge is 0.303 e. The van der Waals surface area contributed by atoms with Crippen LogP contribution in [0.5, 0.6) is 0 Å². The molecule has 8 nitrogen and oxygen atoms in total. The first-order valence-corrected chi connectivity index (χ1v) is 11.0. The second-order valence-electron chi connectivity index (χ2n) is 9.38. The van der Waals surface area contributed by atoms with E-state index in [9.17, 15) is 24.3 Å². The molecule has 0 aliphatic carbocycles. The number of hydrogen-bond acceptors (Lipinski definition) is 5. The molecule has 0 aromatic heterocycles. The van der Waals surface area contributed by atoms with Crippen molar-refractivity contribution in [1.29, 1.82) is 0 Å². The van der Waals surface area contributed by atoms with E-state index in [0.29, 0.717) is 17.7 Å². The van der Waals surface area contributed by atoms with Crippen LogP contribution in [0.1, 0.15) is 49.4 Å². The summed E-state index contributed by atoms with van der Waals surface area (Å²) in [6.07, 6.45) is 2.21. The Balaban J connectivity index is 1.46. The van der Waals surface area contributed by atoms with Gasteiger partial charge in [-0.15, -0.1) is 0 Å². The Morgan fingerprint density at radius 1 is 1.19 bits per heavy atom. The molecule has 1 unspecified atom stereocenters. The fourth-order valence-corrected chi connectivity index (χ4v) is 5.27. The number of amides is 3. The van der Waals surface area contributed by atoms with Crippen LogP contribution in [0.4, 0.5) is 11.4 Å². The lowest BCUT2D eigenvalue weighted by Gasteiger charge is -2.39. The van der Waals surface area contributed by atoms with Gasteiger partial charge in [-0.3, -0.25) is 29.4 Å². The Morgan fingerprint density at radius 2 is 1.94 bits per heavy atom. The molecule has 2 saturated heterocycles.